The molecule has 2 N–H and O–H groups in total. The van der Waals surface area contributed by atoms with Crippen LogP contribution in [0.4, 0.5) is 0 Å². The Morgan fingerprint density at radius 3 is 2.28 bits per heavy atom. The summed E-state index contributed by atoms with van der Waals surface area (Å²) in [6.07, 6.45) is 1.33. The van der Waals surface area contributed by atoms with E-state index in [-0.39, 0.29) is 29.7 Å². The van der Waals surface area contributed by atoms with E-state index in [1.54, 1.807) is 6.07 Å². The number of nitrogens with one attached hydrogen (secondary N) is 2. The van der Waals surface area contributed by atoms with Gasteiger partial charge in [0.2, 0.25) is 5.91 Å². The summed E-state index contributed by atoms with van der Waals surface area (Å²) in [5, 5.41) is 7.89. The Morgan fingerprint density at radius 1 is 1.00 bits per heavy atom. The summed E-state index contributed by atoms with van der Waals surface area (Å²) in [4.78, 5) is 41.3. The number of benzene rings is 1. The molecule has 1 aliphatic rings. The predicted molar refractivity (Wildman–Crippen MR) is 128 cm³/mol. The lowest BCUT2D eigenvalue weighted by molar-refractivity contribution is -0.125. The van der Waals surface area contributed by atoms with Gasteiger partial charge in [-0.15, -0.1) is 11.3 Å². The van der Waals surface area contributed by atoms with Gasteiger partial charge in [-0.25, -0.2) is 0 Å². The van der Waals surface area contributed by atoms with Crippen molar-refractivity contribution in [2.75, 3.05) is 13.1 Å². The highest BCUT2D eigenvalue weighted by Gasteiger charge is 2.35. The van der Waals surface area contributed by atoms with Gasteiger partial charge in [-0.05, 0) is 61.6 Å². The number of likely N-dealkylation sites (tertiary alicyclic amines) is 1. The number of amides is 3. The van der Waals surface area contributed by atoms with E-state index < -0.39 is 6.04 Å². The van der Waals surface area contributed by atoms with E-state index in [1.807, 2.05) is 54.5 Å². The Balaban J connectivity index is 1.69. The second-order valence-corrected chi connectivity index (χ2v) is 9.86. The number of hydrogen-bond acceptors (Lipinski definition) is 4. The molecule has 1 saturated heterocycles. The van der Waals surface area contributed by atoms with Crippen LogP contribution in [0.25, 0.3) is 0 Å². The van der Waals surface area contributed by atoms with E-state index in [0.717, 1.165) is 11.1 Å². The van der Waals surface area contributed by atoms with E-state index in [2.05, 4.69) is 24.5 Å². The number of carbonyl (C=O) groups excluding carboxylic acids is 3. The molecule has 2 heterocycles. The highest BCUT2D eigenvalue weighted by atomic mass is 32.1. The molecule has 0 spiro atoms. The maximum atomic E-state index is 13.1. The molecule has 2 unspecified atom stereocenters. The van der Waals surface area contributed by atoms with E-state index in [0.29, 0.717) is 36.7 Å². The topological polar surface area (TPSA) is 78.5 Å². The highest BCUT2D eigenvalue weighted by Crippen LogP contribution is 2.24. The van der Waals surface area contributed by atoms with E-state index in [9.17, 15) is 14.4 Å². The summed E-state index contributed by atoms with van der Waals surface area (Å²) in [6, 6.07) is 10.6. The van der Waals surface area contributed by atoms with Gasteiger partial charge in [0.05, 0.1) is 4.88 Å². The third kappa shape index (κ3) is 5.76. The molecule has 6 nitrogen and oxygen atoms in total. The summed E-state index contributed by atoms with van der Waals surface area (Å²) >= 11 is 1.36. The van der Waals surface area contributed by atoms with Crippen molar-refractivity contribution in [2.24, 2.45) is 11.8 Å². The first kappa shape index (κ1) is 24.0. The Hall–Kier alpha value is -2.67. The molecule has 0 bridgehead atoms. The standard InChI is InChI=1S/C25H33N3O3S/c1-16(2)18(4)26-24(30)22(27-23(29)21-10-7-15-32-21)19-11-13-28(14-12-19)25(31)20-9-6-5-8-17(20)3/h5-10,15-16,18-19,22H,11-14H2,1-4H3,(H,26,30)(H,27,29). The van der Waals surface area contributed by atoms with Crippen molar-refractivity contribution in [1.82, 2.24) is 15.5 Å². The third-order valence-electron chi connectivity index (χ3n) is 6.36. The molecular formula is C25H33N3O3S. The van der Waals surface area contributed by atoms with Gasteiger partial charge in [0.15, 0.2) is 0 Å². The molecule has 1 aromatic carbocycles. The summed E-state index contributed by atoms with van der Waals surface area (Å²) < 4.78 is 0. The smallest absolute Gasteiger partial charge is 0.262 e. The molecule has 172 valence electrons. The lowest BCUT2D eigenvalue weighted by Crippen LogP contribution is -2.55. The minimum atomic E-state index is -0.624. The quantitative estimate of drug-likeness (QED) is 0.665. The lowest BCUT2D eigenvalue weighted by atomic mass is 9.88. The lowest BCUT2D eigenvalue weighted by Gasteiger charge is -2.36. The van der Waals surface area contributed by atoms with Crippen LogP contribution >= 0.6 is 11.3 Å². The molecule has 0 saturated carbocycles. The van der Waals surface area contributed by atoms with Crippen LogP contribution in [0.3, 0.4) is 0 Å². The number of nitrogens with zero attached hydrogens (tertiary/aromatic N) is 1. The number of rotatable bonds is 7. The van der Waals surface area contributed by atoms with Crippen molar-refractivity contribution in [1.29, 1.82) is 0 Å². The zero-order valence-corrected chi connectivity index (χ0v) is 20.1. The van der Waals surface area contributed by atoms with Crippen molar-refractivity contribution in [3.05, 3.63) is 57.8 Å². The molecule has 32 heavy (non-hydrogen) atoms. The van der Waals surface area contributed by atoms with Gasteiger partial charge < -0.3 is 15.5 Å². The van der Waals surface area contributed by atoms with Crippen LogP contribution in [0.2, 0.25) is 0 Å². The molecule has 2 atom stereocenters. The summed E-state index contributed by atoms with van der Waals surface area (Å²) in [6.45, 7) is 9.16. The fourth-order valence-electron chi connectivity index (χ4n) is 3.92. The summed E-state index contributed by atoms with van der Waals surface area (Å²) in [5.41, 5.74) is 1.68. The second-order valence-electron chi connectivity index (χ2n) is 8.91. The Kier molecular flexibility index (Phi) is 8.07. The van der Waals surface area contributed by atoms with Gasteiger partial charge in [0.25, 0.3) is 11.8 Å². The Morgan fingerprint density at radius 2 is 1.69 bits per heavy atom. The minimum Gasteiger partial charge on any atom is -0.352 e. The molecule has 3 amide bonds. The van der Waals surface area contributed by atoms with Crippen LogP contribution in [0.1, 0.15) is 59.2 Å². The van der Waals surface area contributed by atoms with Crippen LogP contribution in [0.5, 0.6) is 0 Å². The van der Waals surface area contributed by atoms with Gasteiger partial charge in [-0.2, -0.15) is 0 Å². The first-order valence-corrected chi connectivity index (χ1v) is 12.2. The highest BCUT2D eigenvalue weighted by molar-refractivity contribution is 7.12. The molecular weight excluding hydrogens is 422 g/mol. The van der Waals surface area contributed by atoms with Crippen LogP contribution in [0.15, 0.2) is 41.8 Å². The van der Waals surface area contributed by atoms with Crippen molar-refractivity contribution >= 4 is 29.1 Å². The summed E-state index contributed by atoms with van der Waals surface area (Å²) in [5.74, 6) is -0.0884. The van der Waals surface area contributed by atoms with Gasteiger partial charge in [-0.3, -0.25) is 14.4 Å². The van der Waals surface area contributed by atoms with Gasteiger partial charge in [0, 0.05) is 24.7 Å². The maximum absolute atomic E-state index is 13.1. The van der Waals surface area contributed by atoms with Crippen LogP contribution in [-0.4, -0.2) is 47.8 Å². The molecule has 1 fully saturated rings. The van der Waals surface area contributed by atoms with Gasteiger partial charge in [-0.1, -0.05) is 38.1 Å². The van der Waals surface area contributed by atoms with Crippen LogP contribution in [0, 0.1) is 18.8 Å². The SMILES string of the molecule is Cc1ccccc1C(=O)N1CCC(C(NC(=O)c2cccs2)C(=O)NC(C)C(C)C)CC1. The van der Waals surface area contributed by atoms with E-state index in [4.69, 9.17) is 0 Å². The van der Waals surface area contributed by atoms with Crippen molar-refractivity contribution in [3.63, 3.8) is 0 Å². The van der Waals surface area contributed by atoms with Crippen LogP contribution < -0.4 is 10.6 Å². The molecule has 2 aromatic rings. The molecule has 0 aliphatic carbocycles. The zero-order valence-electron chi connectivity index (χ0n) is 19.3. The van der Waals surface area contributed by atoms with E-state index in [1.165, 1.54) is 11.3 Å². The number of piperidine rings is 1. The van der Waals surface area contributed by atoms with Crippen molar-refractivity contribution < 1.29 is 14.4 Å². The minimum absolute atomic E-state index is 0.00589. The van der Waals surface area contributed by atoms with E-state index >= 15 is 0 Å². The number of aryl methyl sites for hydroxylation is 1. The molecule has 1 aliphatic heterocycles. The molecule has 1 aromatic heterocycles. The maximum Gasteiger partial charge on any atom is 0.262 e. The number of carbonyl (C=O) groups is 3. The Labute approximate surface area is 194 Å². The first-order valence-electron chi connectivity index (χ1n) is 11.3. The van der Waals surface area contributed by atoms with Crippen molar-refractivity contribution in [3.8, 4) is 0 Å². The predicted octanol–water partition coefficient (Wildman–Crippen LogP) is 3.87. The first-order chi connectivity index (χ1) is 15.3. The van der Waals surface area contributed by atoms with Crippen LogP contribution in [-0.2, 0) is 4.79 Å². The van der Waals surface area contributed by atoms with Crippen molar-refractivity contribution in [2.45, 2.75) is 52.6 Å². The normalized spacial score (nSPS) is 16.5. The van der Waals surface area contributed by atoms with Gasteiger partial charge >= 0.3 is 0 Å². The molecule has 3 rings (SSSR count). The second kappa shape index (κ2) is 10.8. The fourth-order valence-corrected chi connectivity index (χ4v) is 4.54. The monoisotopic (exact) mass is 455 g/mol. The number of hydrogen-bond donors (Lipinski definition) is 2. The average molecular weight is 456 g/mol. The summed E-state index contributed by atoms with van der Waals surface area (Å²) in [7, 11) is 0. The molecule has 0 radical (unpaired) electrons. The average Bonchev–Trinajstić information content (AvgIpc) is 3.32. The largest absolute Gasteiger partial charge is 0.352 e. The Bertz CT molecular complexity index is 934. The fraction of sp³-hybridized carbons (Fsp3) is 0.480. The number of thiophene rings is 1. The molecule has 7 heteroatoms. The third-order valence-corrected chi connectivity index (χ3v) is 7.23. The zero-order chi connectivity index (χ0) is 23.3. The van der Waals surface area contributed by atoms with Gasteiger partial charge in [0.1, 0.15) is 6.04 Å².